The summed E-state index contributed by atoms with van der Waals surface area (Å²) in [6.45, 7) is 13.5. The van der Waals surface area contributed by atoms with Gasteiger partial charge in [-0.2, -0.15) is 0 Å². The van der Waals surface area contributed by atoms with Gasteiger partial charge >= 0.3 is 6.03 Å². The van der Waals surface area contributed by atoms with Crippen LogP contribution in [0.1, 0.15) is 64.2 Å². The number of carbonyl (C=O) groups excluding carboxylic acids is 3. The molecule has 8 heteroatoms. The fourth-order valence-corrected chi connectivity index (χ4v) is 4.21. The van der Waals surface area contributed by atoms with E-state index >= 15 is 0 Å². The second-order valence-corrected chi connectivity index (χ2v) is 9.98. The van der Waals surface area contributed by atoms with Crippen molar-refractivity contribution < 1.29 is 14.4 Å². The van der Waals surface area contributed by atoms with Gasteiger partial charge in [-0.1, -0.05) is 6.42 Å². The molecule has 0 bridgehead atoms. The maximum absolute atomic E-state index is 13.4. The summed E-state index contributed by atoms with van der Waals surface area (Å²) in [6, 6.07) is 5.56. The number of benzene rings is 1. The van der Waals surface area contributed by atoms with Crippen molar-refractivity contribution >= 4 is 29.2 Å². The number of hydrogen-bond acceptors (Lipinski definition) is 4. The summed E-state index contributed by atoms with van der Waals surface area (Å²) in [5.41, 5.74) is 1.83. The van der Waals surface area contributed by atoms with E-state index in [2.05, 4.69) is 15.5 Å². The molecule has 1 aliphatic carbocycles. The van der Waals surface area contributed by atoms with Gasteiger partial charge in [0.25, 0.3) is 5.91 Å². The summed E-state index contributed by atoms with van der Waals surface area (Å²) < 4.78 is 0. The maximum Gasteiger partial charge on any atom is 0.317 e. The molecular weight excluding hydrogens is 418 g/mol. The van der Waals surface area contributed by atoms with Crippen molar-refractivity contribution in [3.8, 4) is 0 Å². The molecule has 1 saturated carbocycles. The van der Waals surface area contributed by atoms with Crippen molar-refractivity contribution in [2.75, 3.05) is 49.5 Å². The normalized spacial score (nSPS) is 16.8. The monoisotopic (exact) mass is 457 g/mol. The maximum atomic E-state index is 13.4. The SMILES string of the molecule is CCN(CC)C(=O)c1cc(NC(=O)C2CCC2)ccc1N1CCN(C(=O)NC(C)(C)C)CC1. The van der Waals surface area contributed by atoms with E-state index in [0.29, 0.717) is 50.5 Å². The number of piperazine rings is 1. The Hall–Kier alpha value is -2.77. The van der Waals surface area contributed by atoms with Crippen molar-refractivity contribution in [2.24, 2.45) is 5.92 Å². The van der Waals surface area contributed by atoms with Crippen LogP contribution in [0.2, 0.25) is 0 Å². The highest BCUT2D eigenvalue weighted by Gasteiger charge is 2.28. The van der Waals surface area contributed by atoms with Gasteiger partial charge in [-0.05, 0) is 65.7 Å². The number of amides is 4. The number of rotatable bonds is 6. The Balaban J connectivity index is 1.78. The lowest BCUT2D eigenvalue weighted by atomic mass is 9.85. The predicted octanol–water partition coefficient (Wildman–Crippen LogP) is 3.54. The van der Waals surface area contributed by atoms with Gasteiger partial charge in [0.15, 0.2) is 0 Å². The Labute approximate surface area is 197 Å². The van der Waals surface area contributed by atoms with Gasteiger partial charge in [-0.25, -0.2) is 4.79 Å². The third-order valence-electron chi connectivity index (χ3n) is 6.41. The molecule has 1 aromatic carbocycles. The van der Waals surface area contributed by atoms with Gasteiger partial charge < -0.3 is 25.3 Å². The lowest BCUT2D eigenvalue weighted by Gasteiger charge is -2.38. The Morgan fingerprint density at radius 3 is 2.18 bits per heavy atom. The lowest BCUT2D eigenvalue weighted by Crippen LogP contribution is -2.55. The van der Waals surface area contributed by atoms with E-state index in [1.807, 2.05) is 57.7 Å². The van der Waals surface area contributed by atoms with E-state index in [0.717, 1.165) is 24.9 Å². The molecule has 0 spiro atoms. The van der Waals surface area contributed by atoms with Crippen LogP contribution >= 0.6 is 0 Å². The number of nitrogens with zero attached hydrogens (tertiary/aromatic N) is 3. The van der Waals surface area contributed by atoms with Crippen molar-refractivity contribution in [2.45, 2.75) is 59.4 Å². The molecule has 2 fully saturated rings. The second-order valence-electron chi connectivity index (χ2n) is 9.98. The molecule has 1 saturated heterocycles. The molecule has 182 valence electrons. The predicted molar refractivity (Wildman–Crippen MR) is 132 cm³/mol. The summed E-state index contributed by atoms with van der Waals surface area (Å²) in [5, 5.41) is 6.01. The summed E-state index contributed by atoms with van der Waals surface area (Å²) in [5.74, 6) is 0.0790. The molecule has 2 aliphatic rings. The largest absolute Gasteiger partial charge is 0.367 e. The highest BCUT2D eigenvalue weighted by Crippen LogP contribution is 2.30. The van der Waals surface area contributed by atoms with E-state index in [1.54, 1.807) is 4.90 Å². The van der Waals surface area contributed by atoms with E-state index in [-0.39, 0.29) is 29.3 Å². The first-order valence-electron chi connectivity index (χ1n) is 12.2. The lowest BCUT2D eigenvalue weighted by molar-refractivity contribution is -0.122. The zero-order valence-corrected chi connectivity index (χ0v) is 20.7. The van der Waals surface area contributed by atoms with Crippen LogP contribution in [0, 0.1) is 5.92 Å². The molecule has 0 aromatic heterocycles. The van der Waals surface area contributed by atoms with Crippen molar-refractivity contribution in [3.05, 3.63) is 23.8 Å². The van der Waals surface area contributed by atoms with Gasteiger partial charge in [0, 0.05) is 62.1 Å². The quantitative estimate of drug-likeness (QED) is 0.684. The molecule has 8 nitrogen and oxygen atoms in total. The fraction of sp³-hybridized carbons (Fsp3) is 0.640. The highest BCUT2D eigenvalue weighted by molar-refractivity contribution is 6.02. The van der Waals surface area contributed by atoms with Crippen LogP contribution in [0.5, 0.6) is 0 Å². The summed E-state index contributed by atoms with van der Waals surface area (Å²) in [4.78, 5) is 44.1. The highest BCUT2D eigenvalue weighted by atomic mass is 16.2. The zero-order chi connectivity index (χ0) is 24.2. The smallest absolute Gasteiger partial charge is 0.317 e. The van der Waals surface area contributed by atoms with Crippen LogP contribution in [0.3, 0.4) is 0 Å². The molecule has 2 N–H and O–H groups in total. The Bertz CT molecular complexity index is 863. The fourth-order valence-electron chi connectivity index (χ4n) is 4.21. The van der Waals surface area contributed by atoms with Crippen LogP contribution in [0.15, 0.2) is 18.2 Å². The minimum Gasteiger partial charge on any atom is -0.367 e. The van der Waals surface area contributed by atoms with Gasteiger partial charge in [0.2, 0.25) is 5.91 Å². The number of anilines is 2. The molecule has 1 aromatic rings. The van der Waals surface area contributed by atoms with Crippen molar-refractivity contribution in [3.63, 3.8) is 0 Å². The van der Waals surface area contributed by atoms with Crippen LogP contribution in [-0.4, -0.2) is 72.5 Å². The Kier molecular flexibility index (Phi) is 7.87. The van der Waals surface area contributed by atoms with Crippen LogP contribution in [0.4, 0.5) is 16.2 Å². The van der Waals surface area contributed by atoms with Crippen LogP contribution in [-0.2, 0) is 4.79 Å². The molecule has 0 unspecified atom stereocenters. The summed E-state index contributed by atoms with van der Waals surface area (Å²) in [6.07, 6.45) is 2.97. The molecule has 3 rings (SSSR count). The van der Waals surface area contributed by atoms with Gasteiger partial charge in [-0.3, -0.25) is 9.59 Å². The van der Waals surface area contributed by atoms with Crippen molar-refractivity contribution in [1.82, 2.24) is 15.1 Å². The second kappa shape index (κ2) is 10.4. The Morgan fingerprint density at radius 1 is 1.03 bits per heavy atom. The Morgan fingerprint density at radius 2 is 1.67 bits per heavy atom. The van der Waals surface area contributed by atoms with Gasteiger partial charge in [0.1, 0.15) is 0 Å². The number of nitrogens with one attached hydrogen (secondary N) is 2. The standard InChI is InChI=1S/C25H39N5O3/c1-6-28(7-2)23(32)20-17-19(26-22(31)18-9-8-10-18)11-12-21(20)29-13-15-30(16-14-29)24(33)27-25(3,4)5/h11-12,17-18H,6-10,13-16H2,1-5H3,(H,26,31)(H,27,33). The van der Waals surface area contributed by atoms with E-state index in [1.165, 1.54) is 0 Å². The first-order chi connectivity index (χ1) is 15.6. The van der Waals surface area contributed by atoms with Crippen molar-refractivity contribution in [1.29, 1.82) is 0 Å². The minimum absolute atomic E-state index is 0.0358. The first-order valence-corrected chi connectivity index (χ1v) is 12.2. The summed E-state index contributed by atoms with van der Waals surface area (Å²) >= 11 is 0. The van der Waals surface area contributed by atoms with Crippen LogP contribution < -0.4 is 15.5 Å². The third kappa shape index (κ3) is 6.18. The molecule has 33 heavy (non-hydrogen) atoms. The number of hydrogen-bond donors (Lipinski definition) is 2. The van der Waals surface area contributed by atoms with E-state index in [9.17, 15) is 14.4 Å². The van der Waals surface area contributed by atoms with Crippen LogP contribution in [0.25, 0.3) is 0 Å². The third-order valence-corrected chi connectivity index (χ3v) is 6.41. The number of carbonyl (C=O) groups is 3. The first kappa shape index (κ1) is 24.9. The number of urea groups is 1. The zero-order valence-electron chi connectivity index (χ0n) is 20.7. The minimum atomic E-state index is -0.280. The molecule has 0 radical (unpaired) electrons. The molecular formula is C25H39N5O3. The van der Waals surface area contributed by atoms with Gasteiger partial charge in [0.05, 0.1) is 5.56 Å². The molecule has 0 atom stereocenters. The van der Waals surface area contributed by atoms with E-state index < -0.39 is 0 Å². The van der Waals surface area contributed by atoms with E-state index in [4.69, 9.17) is 0 Å². The average Bonchev–Trinajstić information content (AvgIpc) is 2.72. The average molecular weight is 458 g/mol. The van der Waals surface area contributed by atoms with Gasteiger partial charge in [-0.15, -0.1) is 0 Å². The molecule has 4 amide bonds. The molecule has 1 heterocycles. The topological polar surface area (TPSA) is 85.0 Å². The molecule has 1 aliphatic heterocycles. The summed E-state index contributed by atoms with van der Waals surface area (Å²) in [7, 11) is 0.